The van der Waals surface area contributed by atoms with Gasteiger partial charge in [0.25, 0.3) is 0 Å². The van der Waals surface area contributed by atoms with E-state index in [2.05, 4.69) is 26.9 Å². The second-order valence-corrected chi connectivity index (χ2v) is 8.48. The molecule has 0 spiro atoms. The van der Waals surface area contributed by atoms with Gasteiger partial charge in [-0.2, -0.15) is 0 Å². The molecule has 0 saturated heterocycles. The number of allylic oxidation sites excluding steroid dienone is 2. The molecule has 1 amide bonds. The van der Waals surface area contributed by atoms with Crippen LogP contribution in [-0.4, -0.2) is 58.4 Å². The van der Waals surface area contributed by atoms with Crippen LogP contribution in [-0.2, 0) is 27.3 Å². The number of nitrogens with one attached hydrogen (secondary N) is 3. The summed E-state index contributed by atoms with van der Waals surface area (Å²) in [5, 5.41) is 3.09. The van der Waals surface area contributed by atoms with Gasteiger partial charge >= 0.3 is 5.97 Å². The number of aliphatic imine (C=N–C) groups is 1. The third kappa shape index (κ3) is 10.0. The number of nitrogens with zero attached hydrogens (tertiary/aromatic N) is 2. The van der Waals surface area contributed by atoms with Crippen molar-refractivity contribution in [2.24, 2.45) is 10.7 Å². The summed E-state index contributed by atoms with van der Waals surface area (Å²) in [4.78, 5) is 36.6. The average molecular weight is 585 g/mol. The van der Waals surface area contributed by atoms with Crippen LogP contribution in [0.3, 0.4) is 0 Å². The van der Waals surface area contributed by atoms with E-state index in [4.69, 9.17) is 19.0 Å². The Hall–Kier alpha value is -4.75. The van der Waals surface area contributed by atoms with Crippen LogP contribution in [0.1, 0.15) is 25.0 Å². The number of primary amides is 1. The summed E-state index contributed by atoms with van der Waals surface area (Å²) >= 11 is 0. The van der Waals surface area contributed by atoms with E-state index in [0.717, 1.165) is 23.5 Å². The third-order valence-corrected chi connectivity index (χ3v) is 5.55. The molecule has 3 aliphatic rings. The number of anilines is 1. The lowest BCUT2D eigenvalue weighted by atomic mass is 10.1. The van der Waals surface area contributed by atoms with Gasteiger partial charge in [-0.1, -0.05) is 32.1 Å². The highest BCUT2D eigenvalue weighted by Crippen LogP contribution is 2.33. The van der Waals surface area contributed by atoms with Gasteiger partial charge in [-0.25, -0.2) is 19.6 Å². The van der Waals surface area contributed by atoms with E-state index in [1.807, 2.05) is 69.2 Å². The summed E-state index contributed by atoms with van der Waals surface area (Å²) in [5.74, 6) is 1.49. The van der Waals surface area contributed by atoms with Crippen molar-refractivity contribution in [2.75, 3.05) is 38.9 Å². The number of hydrogen-bond donors (Lipinski definition) is 4. The van der Waals surface area contributed by atoms with E-state index in [1.54, 1.807) is 12.2 Å². The molecule has 2 aromatic carbocycles. The Labute approximate surface area is 244 Å². The maximum atomic E-state index is 13.3. The first-order valence-corrected chi connectivity index (χ1v) is 13.2. The first-order chi connectivity index (χ1) is 20.4. The fraction of sp³-hybridized carbons (Fsp3) is 0.310. The van der Waals surface area contributed by atoms with Gasteiger partial charge in [0.2, 0.25) is 13.2 Å². The number of benzene rings is 2. The minimum atomic E-state index is -0.427. The summed E-state index contributed by atoms with van der Waals surface area (Å²) in [6.45, 7) is 5.43. The highest BCUT2D eigenvalue weighted by molar-refractivity contribution is 6.34. The molecule has 12 nitrogen and oxygen atoms in total. The molecule has 5 rings (SSSR count). The topological polar surface area (TPSA) is 157 Å². The molecule has 2 aromatic rings. The summed E-state index contributed by atoms with van der Waals surface area (Å²) in [6.07, 6.45) is 4.76. The van der Waals surface area contributed by atoms with Crippen molar-refractivity contribution < 1.29 is 33.0 Å². The zero-order chi connectivity index (χ0) is 30.9. The first kappa shape index (κ1) is 33.5. The van der Waals surface area contributed by atoms with E-state index in [1.165, 1.54) is 5.56 Å². The van der Waals surface area contributed by atoms with Crippen LogP contribution in [0.5, 0.6) is 17.2 Å². The Morgan fingerprint density at radius 2 is 1.81 bits per heavy atom. The molecule has 0 aromatic heterocycles. The van der Waals surface area contributed by atoms with Crippen molar-refractivity contribution in [3.8, 4) is 17.2 Å². The number of fused-ring (bicyclic) bond motifs is 2. The normalized spacial score (nSPS) is 14.7. The maximum absolute atomic E-state index is 13.3. The molecule has 0 aliphatic carbocycles. The molecule has 0 bridgehead atoms. The molecular weight excluding hydrogens is 547 g/mol. The number of nitrogens with two attached hydrogens (primary N) is 1. The fourth-order valence-electron chi connectivity index (χ4n) is 3.76. The zero-order valence-corrected chi connectivity index (χ0v) is 24.1. The minimum absolute atomic E-state index is 0.0369. The van der Waals surface area contributed by atoms with Crippen molar-refractivity contribution in [3.63, 3.8) is 0 Å². The summed E-state index contributed by atoms with van der Waals surface area (Å²) in [6, 6.07) is 11.5. The number of hydrazine groups is 1. The standard InChI is InChI=1S/C15H14FN3O3.C11H14N2O2.C2H6.CH3NO/c16-12-7-17-19-15(12)18-11(8-20)3-1-2-10-4-5-13-14(6-10)22-9-21-13;1-12-6-8-3-4-10-9(5-8)13(2)7-11(14)15-10;1-2;2-1-3/h1,3-6,8,17,19H,2,7,9H2;3-5,12H,6-7H2,1-2H3;1-2H3;1H,(H2,2,3)/b3-1+,18-11+;;;. The van der Waals surface area contributed by atoms with Gasteiger partial charge in [0.05, 0.1) is 12.2 Å². The van der Waals surface area contributed by atoms with E-state index in [9.17, 15) is 14.0 Å². The summed E-state index contributed by atoms with van der Waals surface area (Å²) in [5.41, 5.74) is 12.6. The fourth-order valence-corrected chi connectivity index (χ4v) is 3.76. The second kappa shape index (κ2) is 17.8. The third-order valence-electron chi connectivity index (χ3n) is 5.55. The number of amides is 1. The molecular formula is C29H37FN6O6. The van der Waals surface area contributed by atoms with Gasteiger partial charge < -0.3 is 35.6 Å². The molecule has 0 saturated carbocycles. The van der Waals surface area contributed by atoms with Gasteiger partial charge in [0.1, 0.15) is 12.3 Å². The van der Waals surface area contributed by atoms with E-state index >= 15 is 0 Å². The number of likely N-dealkylation sites (N-methyl/N-ethyl adjacent to an activating group) is 1. The number of carbonyl (C=O) groups excluding carboxylic acids is 3. The van der Waals surface area contributed by atoms with Gasteiger partial charge in [-0.05, 0) is 54.9 Å². The molecule has 0 atom stereocenters. The molecule has 0 fully saturated rings. The van der Waals surface area contributed by atoms with Gasteiger partial charge in [-0.15, -0.1) is 0 Å². The van der Waals surface area contributed by atoms with Crippen molar-refractivity contribution in [2.45, 2.75) is 26.8 Å². The molecule has 5 N–H and O–H groups in total. The number of halogens is 1. The Morgan fingerprint density at radius 1 is 1.12 bits per heavy atom. The minimum Gasteiger partial charge on any atom is -0.454 e. The maximum Gasteiger partial charge on any atom is 0.330 e. The van der Waals surface area contributed by atoms with Crippen LogP contribution >= 0.6 is 0 Å². The van der Waals surface area contributed by atoms with Gasteiger partial charge in [-0.3, -0.25) is 9.59 Å². The van der Waals surface area contributed by atoms with Gasteiger partial charge in [0, 0.05) is 13.6 Å². The number of aldehydes is 1. The van der Waals surface area contributed by atoms with E-state index in [-0.39, 0.29) is 37.2 Å². The van der Waals surface area contributed by atoms with Crippen LogP contribution < -0.4 is 41.0 Å². The zero-order valence-electron chi connectivity index (χ0n) is 24.1. The van der Waals surface area contributed by atoms with Crippen molar-refractivity contribution in [3.05, 3.63) is 71.3 Å². The predicted octanol–water partition coefficient (Wildman–Crippen LogP) is 2.29. The quantitative estimate of drug-likeness (QED) is 0.165. The lowest BCUT2D eigenvalue weighted by molar-refractivity contribution is -0.133. The Bertz CT molecular complexity index is 1310. The van der Waals surface area contributed by atoms with E-state index < -0.39 is 5.83 Å². The highest BCUT2D eigenvalue weighted by Gasteiger charge is 2.21. The molecule has 3 heterocycles. The Kier molecular flexibility index (Phi) is 14.2. The molecule has 3 aliphatic heterocycles. The van der Waals surface area contributed by atoms with Crippen LogP contribution in [0.2, 0.25) is 0 Å². The number of ether oxygens (including phenoxy) is 3. The number of rotatable bonds is 7. The van der Waals surface area contributed by atoms with Gasteiger partial charge in [0.15, 0.2) is 35.2 Å². The summed E-state index contributed by atoms with van der Waals surface area (Å²) < 4.78 is 29.0. The van der Waals surface area contributed by atoms with Crippen molar-refractivity contribution in [1.29, 1.82) is 0 Å². The van der Waals surface area contributed by atoms with Crippen LogP contribution in [0.25, 0.3) is 0 Å². The first-order valence-electron chi connectivity index (χ1n) is 13.2. The molecule has 0 unspecified atom stereocenters. The SMILES string of the molecule is CC.CNCc1ccc2c(c1)N(C)CC(=O)O2.NC=O.O=CC(/C=C/Cc1ccc2c(c1)OCO2)=N/C1=C(F)CNN1. The van der Waals surface area contributed by atoms with Crippen molar-refractivity contribution in [1.82, 2.24) is 16.2 Å². The lowest BCUT2D eigenvalue weighted by Crippen LogP contribution is -2.33. The highest BCUT2D eigenvalue weighted by atomic mass is 19.1. The van der Waals surface area contributed by atoms with E-state index in [0.29, 0.717) is 30.8 Å². The van der Waals surface area contributed by atoms with Crippen LogP contribution in [0.15, 0.2) is 65.2 Å². The lowest BCUT2D eigenvalue weighted by Gasteiger charge is -2.26. The number of hydrogen-bond acceptors (Lipinski definition) is 11. The number of esters is 1. The molecule has 0 radical (unpaired) electrons. The van der Waals surface area contributed by atoms with Crippen LogP contribution in [0, 0.1) is 0 Å². The molecule has 42 heavy (non-hydrogen) atoms. The summed E-state index contributed by atoms with van der Waals surface area (Å²) in [7, 11) is 3.80. The Balaban J connectivity index is 0.000000268. The molecule has 13 heteroatoms. The van der Waals surface area contributed by atoms with Crippen molar-refractivity contribution >= 4 is 30.1 Å². The number of carbonyl (C=O) groups is 3. The predicted molar refractivity (Wildman–Crippen MR) is 158 cm³/mol. The monoisotopic (exact) mass is 584 g/mol. The smallest absolute Gasteiger partial charge is 0.330 e. The van der Waals surface area contributed by atoms with Crippen LogP contribution in [0.4, 0.5) is 10.1 Å². The second-order valence-electron chi connectivity index (χ2n) is 8.48. The average Bonchev–Trinajstić information content (AvgIpc) is 3.63. The largest absolute Gasteiger partial charge is 0.454 e. The Morgan fingerprint density at radius 3 is 2.48 bits per heavy atom. The molecule has 226 valence electrons.